The third kappa shape index (κ3) is 2.87. The number of fused-ring (bicyclic) bond motifs is 1. The van der Waals surface area contributed by atoms with Gasteiger partial charge in [-0.2, -0.15) is 0 Å². The SMILES string of the molecule is NNc1cccc(C(=O)Nc2cccc3c2CCCC3)n1. The maximum Gasteiger partial charge on any atom is 0.274 e. The van der Waals surface area contributed by atoms with Crippen LogP contribution >= 0.6 is 0 Å². The summed E-state index contributed by atoms with van der Waals surface area (Å²) < 4.78 is 0. The molecule has 3 rings (SSSR count). The van der Waals surface area contributed by atoms with Gasteiger partial charge in [-0.15, -0.1) is 0 Å². The second-order valence-corrected chi connectivity index (χ2v) is 5.16. The molecule has 0 atom stereocenters. The fourth-order valence-electron chi connectivity index (χ4n) is 2.73. The van der Waals surface area contributed by atoms with Gasteiger partial charge < -0.3 is 10.7 Å². The molecule has 108 valence electrons. The number of anilines is 2. The maximum atomic E-state index is 12.3. The maximum absolute atomic E-state index is 12.3. The largest absolute Gasteiger partial charge is 0.320 e. The van der Waals surface area contributed by atoms with E-state index in [-0.39, 0.29) is 5.91 Å². The van der Waals surface area contributed by atoms with E-state index in [1.807, 2.05) is 12.1 Å². The average Bonchev–Trinajstić information content (AvgIpc) is 2.55. The Morgan fingerprint density at radius 2 is 1.90 bits per heavy atom. The number of nitrogens with zero attached hydrogens (tertiary/aromatic N) is 1. The Morgan fingerprint density at radius 1 is 1.10 bits per heavy atom. The lowest BCUT2D eigenvalue weighted by Gasteiger charge is -2.19. The molecule has 0 radical (unpaired) electrons. The van der Waals surface area contributed by atoms with E-state index in [9.17, 15) is 4.79 Å². The molecule has 1 aromatic heterocycles. The Hall–Kier alpha value is -2.40. The third-order valence-corrected chi connectivity index (χ3v) is 3.77. The Morgan fingerprint density at radius 3 is 2.76 bits per heavy atom. The fraction of sp³-hybridized carbons (Fsp3) is 0.250. The molecule has 1 aromatic carbocycles. The smallest absolute Gasteiger partial charge is 0.274 e. The van der Waals surface area contributed by atoms with Crippen LogP contribution in [0.15, 0.2) is 36.4 Å². The van der Waals surface area contributed by atoms with Crippen molar-refractivity contribution in [1.29, 1.82) is 0 Å². The van der Waals surface area contributed by atoms with Gasteiger partial charge >= 0.3 is 0 Å². The minimum atomic E-state index is -0.217. The Kier molecular flexibility index (Phi) is 3.83. The first kappa shape index (κ1) is 13.6. The van der Waals surface area contributed by atoms with E-state index in [2.05, 4.69) is 21.8 Å². The summed E-state index contributed by atoms with van der Waals surface area (Å²) >= 11 is 0. The van der Waals surface area contributed by atoms with Crippen molar-refractivity contribution >= 4 is 17.4 Å². The zero-order valence-corrected chi connectivity index (χ0v) is 11.7. The molecule has 0 spiro atoms. The zero-order chi connectivity index (χ0) is 14.7. The van der Waals surface area contributed by atoms with E-state index in [0.29, 0.717) is 11.5 Å². The Labute approximate surface area is 123 Å². The number of benzene rings is 1. The van der Waals surface area contributed by atoms with Gasteiger partial charge in [0.15, 0.2) is 0 Å². The van der Waals surface area contributed by atoms with Gasteiger partial charge in [0, 0.05) is 5.69 Å². The highest BCUT2D eigenvalue weighted by atomic mass is 16.1. The molecule has 21 heavy (non-hydrogen) atoms. The fourth-order valence-corrected chi connectivity index (χ4v) is 2.73. The molecule has 0 fully saturated rings. The van der Waals surface area contributed by atoms with Gasteiger partial charge in [-0.3, -0.25) is 4.79 Å². The Bertz CT molecular complexity index is 669. The molecule has 1 heterocycles. The zero-order valence-electron chi connectivity index (χ0n) is 11.7. The molecule has 0 aliphatic heterocycles. The number of rotatable bonds is 3. The van der Waals surface area contributed by atoms with Crippen LogP contribution in [-0.2, 0) is 12.8 Å². The van der Waals surface area contributed by atoms with Crippen molar-refractivity contribution in [2.75, 3.05) is 10.7 Å². The summed E-state index contributed by atoms with van der Waals surface area (Å²) in [5, 5.41) is 2.97. The molecule has 4 N–H and O–H groups in total. The highest BCUT2D eigenvalue weighted by molar-refractivity contribution is 6.03. The number of carbonyl (C=O) groups is 1. The molecule has 0 bridgehead atoms. The highest BCUT2D eigenvalue weighted by Crippen LogP contribution is 2.28. The first-order chi connectivity index (χ1) is 10.3. The van der Waals surface area contributed by atoms with E-state index < -0.39 is 0 Å². The summed E-state index contributed by atoms with van der Waals surface area (Å²) in [6.45, 7) is 0. The van der Waals surface area contributed by atoms with Crippen molar-refractivity contribution in [3.8, 4) is 0 Å². The van der Waals surface area contributed by atoms with E-state index in [4.69, 9.17) is 5.84 Å². The molecule has 1 aliphatic rings. The molecule has 0 saturated carbocycles. The number of nitrogens with two attached hydrogens (primary N) is 1. The number of hydrogen-bond donors (Lipinski definition) is 3. The minimum Gasteiger partial charge on any atom is -0.320 e. The Balaban J connectivity index is 1.84. The van der Waals surface area contributed by atoms with Crippen molar-refractivity contribution in [2.45, 2.75) is 25.7 Å². The number of nitrogen functional groups attached to an aromatic ring is 1. The topological polar surface area (TPSA) is 80.0 Å². The van der Waals surface area contributed by atoms with Gasteiger partial charge in [0.25, 0.3) is 5.91 Å². The summed E-state index contributed by atoms with van der Waals surface area (Å²) in [6.07, 6.45) is 4.49. The van der Waals surface area contributed by atoms with Crippen LogP contribution in [0.1, 0.15) is 34.5 Å². The molecule has 1 aliphatic carbocycles. The van der Waals surface area contributed by atoms with Crippen molar-refractivity contribution in [3.63, 3.8) is 0 Å². The molecular formula is C16H18N4O. The van der Waals surface area contributed by atoms with E-state index in [1.54, 1.807) is 18.2 Å². The number of nitrogens with one attached hydrogen (secondary N) is 2. The van der Waals surface area contributed by atoms with Crippen molar-refractivity contribution in [1.82, 2.24) is 4.98 Å². The van der Waals surface area contributed by atoms with E-state index in [1.165, 1.54) is 24.0 Å². The van der Waals surface area contributed by atoms with Gasteiger partial charge in [0.2, 0.25) is 0 Å². The van der Waals surface area contributed by atoms with Gasteiger partial charge in [0.05, 0.1) is 0 Å². The second-order valence-electron chi connectivity index (χ2n) is 5.16. The van der Waals surface area contributed by atoms with Crippen molar-refractivity contribution < 1.29 is 4.79 Å². The van der Waals surface area contributed by atoms with Crippen LogP contribution in [0.2, 0.25) is 0 Å². The molecule has 0 saturated heterocycles. The van der Waals surface area contributed by atoms with Crippen LogP contribution < -0.4 is 16.6 Å². The summed E-state index contributed by atoms with van der Waals surface area (Å²) in [4.78, 5) is 16.5. The number of amides is 1. The van der Waals surface area contributed by atoms with Crippen LogP contribution in [0.4, 0.5) is 11.5 Å². The van der Waals surface area contributed by atoms with Crippen LogP contribution in [-0.4, -0.2) is 10.9 Å². The molecule has 1 amide bonds. The lowest BCUT2D eigenvalue weighted by molar-refractivity contribution is 0.102. The van der Waals surface area contributed by atoms with Crippen LogP contribution in [0.25, 0.3) is 0 Å². The average molecular weight is 282 g/mol. The first-order valence-electron chi connectivity index (χ1n) is 7.14. The number of pyridine rings is 1. The highest BCUT2D eigenvalue weighted by Gasteiger charge is 2.15. The number of aryl methyl sites for hydroxylation is 1. The number of carbonyl (C=O) groups excluding carboxylic acids is 1. The first-order valence-corrected chi connectivity index (χ1v) is 7.14. The van der Waals surface area contributed by atoms with Crippen LogP contribution in [0.5, 0.6) is 0 Å². The van der Waals surface area contributed by atoms with E-state index >= 15 is 0 Å². The summed E-state index contributed by atoms with van der Waals surface area (Å²) in [7, 11) is 0. The predicted molar refractivity (Wildman–Crippen MR) is 83.1 cm³/mol. The second kappa shape index (κ2) is 5.93. The predicted octanol–water partition coefficient (Wildman–Crippen LogP) is 2.50. The standard InChI is InChI=1S/C16H18N4O/c17-20-15-10-4-9-14(18-15)16(21)19-13-8-3-6-11-5-1-2-7-12(11)13/h3-4,6,8-10H,1-2,5,7,17H2,(H,18,20)(H,19,21). The summed E-state index contributed by atoms with van der Waals surface area (Å²) in [6, 6.07) is 11.2. The summed E-state index contributed by atoms with van der Waals surface area (Å²) in [5.74, 6) is 5.57. The van der Waals surface area contributed by atoms with Crippen molar-refractivity contribution in [2.24, 2.45) is 5.84 Å². The number of aromatic nitrogens is 1. The van der Waals surface area contributed by atoms with Crippen LogP contribution in [0, 0.1) is 0 Å². The third-order valence-electron chi connectivity index (χ3n) is 3.77. The van der Waals surface area contributed by atoms with Gasteiger partial charge in [-0.1, -0.05) is 18.2 Å². The van der Waals surface area contributed by atoms with Gasteiger partial charge in [-0.25, -0.2) is 10.8 Å². The monoisotopic (exact) mass is 282 g/mol. The molecule has 0 unspecified atom stereocenters. The van der Waals surface area contributed by atoms with Gasteiger partial charge in [0.1, 0.15) is 11.5 Å². The van der Waals surface area contributed by atoms with E-state index in [0.717, 1.165) is 18.5 Å². The lowest BCUT2D eigenvalue weighted by Crippen LogP contribution is -2.18. The number of hydrazine groups is 1. The normalized spacial score (nSPS) is 13.4. The quantitative estimate of drug-likeness (QED) is 0.597. The van der Waals surface area contributed by atoms with Crippen molar-refractivity contribution in [3.05, 3.63) is 53.2 Å². The molecular weight excluding hydrogens is 264 g/mol. The number of hydrogen-bond acceptors (Lipinski definition) is 4. The molecule has 5 nitrogen and oxygen atoms in total. The van der Waals surface area contributed by atoms with Gasteiger partial charge in [-0.05, 0) is 55.0 Å². The molecule has 2 aromatic rings. The lowest BCUT2D eigenvalue weighted by atomic mass is 9.90. The minimum absolute atomic E-state index is 0.217. The summed E-state index contributed by atoms with van der Waals surface area (Å²) in [5.41, 5.74) is 6.28. The molecule has 5 heteroatoms. The van der Waals surface area contributed by atoms with Crippen LogP contribution in [0.3, 0.4) is 0 Å².